The maximum Gasteiger partial charge on any atom is 0.265 e. The largest absolute Gasteiger partial charge is 0.392 e. The lowest BCUT2D eigenvalue weighted by Crippen LogP contribution is -2.34. The third-order valence-corrected chi connectivity index (χ3v) is 4.99. The fraction of sp³-hybridized carbons (Fsp3) is 0.375. The summed E-state index contributed by atoms with van der Waals surface area (Å²) < 4.78 is 12.7. The number of likely N-dealkylation sites (N-methyl/N-ethyl adjacent to an activating group) is 1. The van der Waals surface area contributed by atoms with Crippen LogP contribution in [0.3, 0.4) is 0 Å². The van der Waals surface area contributed by atoms with Crippen molar-refractivity contribution < 1.29 is 19.4 Å². The van der Waals surface area contributed by atoms with Gasteiger partial charge in [-0.3, -0.25) is 9.20 Å². The number of imidazole rings is 1. The molecule has 0 radical (unpaired) electrons. The number of aromatic nitrogens is 2. The van der Waals surface area contributed by atoms with Gasteiger partial charge in [0.25, 0.3) is 5.91 Å². The third-order valence-electron chi connectivity index (χ3n) is 4.02. The maximum atomic E-state index is 12.6. The van der Waals surface area contributed by atoms with E-state index in [1.165, 1.54) is 11.3 Å². The number of hydrogen-bond donors (Lipinski definition) is 1. The van der Waals surface area contributed by atoms with E-state index in [0.29, 0.717) is 24.6 Å². The van der Waals surface area contributed by atoms with E-state index in [2.05, 4.69) is 4.98 Å². The Kier molecular flexibility index (Phi) is 3.97. The zero-order chi connectivity index (χ0) is 16.7. The summed E-state index contributed by atoms with van der Waals surface area (Å²) in [4.78, 5) is 20.1. The van der Waals surface area contributed by atoms with Crippen molar-refractivity contribution in [2.75, 3.05) is 26.8 Å². The molecule has 3 aromatic rings. The second kappa shape index (κ2) is 6.14. The van der Waals surface area contributed by atoms with E-state index < -0.39 is 0 Å². The van der Waals surface area contributed by atoms with Gasteiger partial charge in [-0.15, -0.1) is 0 Å². The minimum Gasteiger partial charge on any atom is -0.392 e. The molecule has 0 unspecified atom stereocenters. The molecule has 0 bridgehead atoms. The summed E-state index contributed by atoms with van der Waals surface area (Å²) in [6.45, 7) is 1.53. The molecule has 1 aromatic carbocycles. The summed E-state index contributed by atoms with van der Waals surface area (Å²) in [5.74, 6) is -0.0790. The monoisotopic (exact) mass is 347 g/mol. The Hall–Kier alpha value is -2.00. The van der Waals surface area contributed by atoms with Crippen molar-refractivity contribution in [2.24, 2.45) is 0 Å². The summed E-state index contributed by atoms with van der Waals surface area (Å²) in [5.41, 5.74) is 2.55. The fourth-order valence-corrected chi connectivity index (χ4v) is 3.76. The minimum atomic E-state index is -0.347. The standard InChI is InChI=1S/C16H17N3O4S/c1-18(8-14-22-4-5-23-14)15(21)13-7-19-12-3-2-10(9-20)6-11(12)17-16(19)24-13/h2-3,6-7,14,20H,4-5,8-9H2,1H3. The fourth-order valence-electron chi connectivity index (χ4n) is 2.77. The molecule has 8 heteroatoms. The van der Waals surface area contributed by atoms with Gasteiger partial charge in [-0.2, -0.15) is 0 Å². The molecule has 126 valence electrons. The van der Waals surface area contributed by atoms with Crippen molar-refractivity contribution in [2.45, 2.75) is 12.9 Å². The van der Waals surface area contributed by atoms with E-state index >= 15 is 0 Å². The third kappa shape index (κ3) is 2.67. The second-order valence-corrected chi connectivity index (χ2v) is 6.71. The van der Waals surface area contributed by atoms with Crippen molar-refractivity contribution in [3.8, 4) is 0 Å². The second-order valence-electron chi connectivity index (χ2n) is 5.70. The van der Waals surface area contributed by atoms with Crippen LogP contribution >= 0.6 is 11.3 Å². The minimum absolute atomic E-state index is 0.0129. The quantitative estimate of drug-likeness (QED) is 0.774. The molecule has 0 spiro atoms. The van der Waals surface area contributed by atoms with Gasteiger partial charge in [0, 0.05) is 13.2 Å². The molecule has 3 heterocycles. The van der Waals surface area contributed by atoms with Gasteiger partial charge in [-0.05, 0) is 17.7 Å². The van der Waals surface area contributed by atoms with Gasteiger partial charge >= 0.3 is 0 Å². The van der Waals surface area contributed by atoms with Crippen molar-refractivity contribution in [1.82, 2.24) is 14.3 Å². The Morgan fingerprint density at radius 1 is 1.46 bits per heavy atom. The zero-order valence-electron chi connectivity index (χ0n) is 13.1. The highest BCUT2D eigenvalue weighted by Gasteiger charge is 2.23. The van der Waals surface area contributed by atoms with E-state index in [-0.39, 0.29) is 18.8 Å². The molecule has 0 atom stereocenters. The lowest BCUT2D eigenvalue weighted by molar-refractivity contribution is -0.0542. The summed E-state index contributed by atoms with van der Waals surface area (Å²) in [5, 5.41) is 9.21. The van der Waals surface area contributed by atoms with Crippen molar-refractivity contribution in [3.63, 3.8) is 0 Å². The smallest absolute Gasteiger partial charge is 0.265 e. The van der Waals surface area contributed by atoms with Crippen molar-refractivity contribution in [3.05, 3.63) is 34.8 Å². The number of carbonyl (C=O) groups excluding carboxylic acids is 1. The Bertz CT molecular complexity index is 897. The predicted molar refractivity (Wildman–Crippen MR) is 89.2 cm³/mol. The molecule has 1 aliphatic heterocycles. The normalized spacial score (nSPS) is 15.6. The number of rotatable bonds is 4. The summed E-state index contributed by atoms with van der Waals surface area (Å²) in [7, 11) is 1.74. The van der Waals surface area contributed by atoms with Gasteiger partial charge in [0.2, 0.25) is 0 Å². The predicted octanol–water partition coefficient (Wildman–Crippen LogP) is 1.49. The molecule has 1 fully saturated rings. The number of ether oxygens (including phenoxy) is 2. The first-order chi connectivity index (χ1) is 11.7. The van der Waals surface area contributed by atoms with Crippen LogP contribution < -0.4 is 0 Å². The number of aliphatic hydroxyl groups excluding tert-OH is 1. The average Bonchev–Trinajstić information content (AvgIpc) is 3.29. The molecule has 4 rings (SSSR count). The molecule has 1 amide bonds. The Balaban J connectivity index is 1.61. The van der Waals surface area contributed by atoms with Gasteiger partial charge in [-0.25, -0.2) is 4.98 Å². The van der Waals surface area contributed by atoms with Gasteiger partial charge < -0.3 is 19.5 Å². The molecular formula is C16H17N3O4S. The lowest BCUT2D eigenvalue weighted by atomic mass is 10.2. The van der Waals surface area contributed by atoms with Crippen LogP contribution in [0.25, 0.3) is 16.0 Å². The number of fused-ring (bicyclic) bond motifs is 3. The van der Waals surface area contributed by atoms with Crippen molar-refractivity contribution >= 4 is 33.2 Å². The van der Waals surface area contributed by atoms with Gasteiger partial charge in [-0.1, -0.05) is 17.4 Å². The number of aliphatic hydroxyl groups is 1. The molecule has 1 N–H and O–H groups in total. The average molecular weight is 347 g/mol. The van der Waals surface area contributed by atoms with Crippen LogP contribution in [0.15, 0.2) is 24.4 Å². The Morgan fingerprint density at radius 3 is 3.00 bits per heavy atom. The Labute approximate surface area is 142 Å². The zero-order valence-corrected chi connectivity index (χ0v) is 14.0. The number of nitrogens with zero attached hydrogens (tertiary/aromatic N) is 3. The first-order valence-electron chi connectivity index (χ1n) is 7.66. The molecule has 2 aromatic heterocycles. The molecule has 24 heavy (non-hydrogen) atoms. The SMILES string of the molecule is CN(CC1OCCO1)C(=O)c1cn2c(nc3cc(CO)ccc32)s1. The van der Waals surface area contributed by atoms with Crippen LogP contribution in [0, 0.1) is 0 Å². The first-order valence-corrected chi connectivity index (χ1v) is 8.47. The van der Waals surface area contributed by atoms with E-state index in [1.54, 1.807) is 11.9 Å². The van der Waals surface area contributed by atoms with Gasteiger partial charge in [0.15, 0.2) is 11.3 Å². The summed E-state index contributed by atoms with van der Waals surface area (Å²) in [6.07, 6.45) is 1.46. The molecule has 7 nitrogen and oxygen atoms in total. The number of hydrogen-bond acceptors (Lipinski definition) is 6. The topological polar surface area (TPSA) is 76.3 Å². The van der Waals surface area contributed by atoms with Crippen LogP contribution in [0.4, 0.5) is 0 Å². The van der Waals surface area contributed by atoms with Gasteiger partial charge in [0.05, 0.1) is 37.4 Å². The van der Waals surface area contributed by atoms with E-state index in [0.717, 1.165) is 21.6 Å². The molecular weight excluding hydrogens is 330 g/mol. The molecule has 0 saturated carbocycles. The number of amides is 1. The van der Waals surface area contributed by atoms with Crippen LogP contribution in [0.5, 0.6) is 0 Å². The van der Waals surface area contributed by atoms with Crippen LogP contribution in [-0.2, 0) is 16.1 Å². The van der Waals surface area contributed by atoms with Gasteiger partial charge in [0.1, 0.15) is 4.88 Å². The highest BCUT2D eigenvalue weighted by atomic mass is 32.1. The lowest BCUT2D eigenvalue weighted by Gasteiger charge is -2.19. The maximum absolute atomic E-state index is 12.6. The highest BCUT2D eigenvalue weighted by Crippen LogP contribution is 2.25. The molecule has 1 saturated heterocycles. The number of benzene rings is 1. The van der Waals surface area contributed by atoms with Crippen LogP contribution in [0.2, 0.25) is 0 Å². The van der Waals surface area contributed by atoms with E-state index in [4.69, 9.17) is 9.47 Å². The molecule has 1 aliphatic rings. The summed E-state index contributed by atoms with van der Waals surface area (Å²) in [6, 6.07) is 5.62. The van der Waals surface area contributed by atoms with E-state index in [1.807, 2.05) is 28.8 Å². The summed E-state index contributed by atoms with van der Waals surface area (Å²) >= 11 is 1.35. The van der Waals surface area contributed by atoms with Crippen molar-refractivity contribution in [1.29, 1.82) is 0 Å². The molecule has 0 aliphatic carbocycles. The van der Waals surface area contributed by atoms with E-state index in [9.17, 15) is 9.90 Å². The van der Waals surface area contributed by atoms with Crippen LogP contribution in [-0.4, -0.2) is 58.4 Å². The Morgan fingerprint density at radius 2 is 2.25 bits per heavy atom. The number of thiazole rings is 1. The number of carbonyl (C=O) groups is 1. The highest BCUT2D eigenvalue weighted by molar-refractivity contribution is 7.18. The van der Waals surface area contributed by atoms with Crippen LogP contribution in [0.1, 0.15) is 15.2 Å². The first kappa shape index (κ1) is 15.5.